The second-order valence-corrected chi connectivity index (χ2v) is 7.79. The lowest BCUT2D eigenvalue weighted by Crippen LogP contribution is -2.25. The van der Waals surface area contributed by atoms with Crippen molar-refractivity contribution in [2.75, 3.05) is 0 Å². The van der Waals surface area contributed by atoms with Gasteiger partial charge in [-0.05, 0) is 37.1 Å². The zero-order chi connectivity index (χ0) is 24.9. The van der Waals surface area contributed by atoms with Crippen molar-refractivity contribution < 1.29 is 32.6 Å². The number of carbonyl (C=O) groups is 2. The van der Waals surface area contributed by atoms with E-state index >= 15 is 0 Å². The Hall–Kier alpha value is -3.81. The Morgan fingerprint density at radius 1 is 1.12 bits per heavy atom. The molecule has 0 saturated heterocycles. The van der Waals surface area contributed by atoms with Crippen LogP contribution in [0.5, 0.6) is 5.75 Å². The average Bonchev–Trinajstić information content (AvgIpc) is 3.22. The van der Waals surface area contributed by atoms with Crippen LogP contribution in [-0.2, 0) is 17.5 Å². The van der Waals surface area contributed by atoms with Crippen LogP contribution in [-0.4, -0.2) is 27.5 Å². The standard InChI is InChI=1S/C26H24F3NO4/c1-3-23(25(32)33)34-21-8-4-6-18(14-21)7-5-13-30-16-20(26(27,28)29)15-22(30)24(31)19-11-9-17(2)10-12-19/h4-12,14-16,23H,3,13H2,1-2H3,(H,32,33)/b7-5+/t23-/m0/s1. The van der Waals surface area contributed by atoms with E-state index in [1.54, 1.807) is 67.6 Å². The number of aryl methyl sites for hydroxylation is 1. The molecule has 178 valence electrons. The second kappa shape index (κ2) is 10.4. The van der Waals surface area contributed by atoms with Gasteiger partial charge in [-0.15, -0.1) is 0 Å². The summed E-state index contributed by atoms with van der Waals surface area (Å²) >= 11 is 0. The van der Waals surface area contributed by atoms with Crippen LogP contribution < -0.4 is 4.74 Å². The van der Waals surface area contributed by atoms with E-state index in [1.165, 1.54) is 4.57 Å². The molecule has 0 radical (unpaired) electrons. The third kappa shape index (κ3) is 6.15. The third-order valence-electron chi connectivity index (χ3n) is 5.17. The molecule has 0 bridgehead atoms. The van der Waals surface area contributed by atoms with Crippen LogP contribution in [0.15, 0.2) is 66.9 Å². The molecule has 2 aromatic carbocycles. The Kier molecular flexibility index (Phi) is 7.61. The number of ketones is 1. The van der Waals surface area contributed by atoms with Crippen LogP contribution in [0.4, 0.5) is 13.2 Å². The Labute approximate surface area is 195 Å². The second-order valence-electron chi connectivity index (χ2n) is 7.79. The molecule has 0 aliphatic rings. The van der Waals surface area contributed by atoms with Crippen LogP contribution >= 0.6 is 0 Å². The first-order valence-electron chi connectivity index (χ1n) is 10.6. The highest BCUT2D eigenvalue weighted by Crippen LogP contribution is 2.31. The Bertz CT molecular complexity index is 1190. The maximum atomic E-state index is 13.3. The van der Waals surface area contributed by atoms with Gasteiger partial charge in [0.15, 0.2) is 6.10 Å². The Morgan fingerprint density at radius 3 is 2.44 bits per heavy atom. The number of hydrogen-bond acceptors (Lipinski definition) is 3. The summed E-state index contributed by atoms with van der Waals surface area (Å²) in [7, 11) is 0. The first-order valence-corrected chi connectivity index (χ1v) is 10.6. The number of ether oxygens (including phenoxy) is 1. The molecule has 1 aromatic heterocycles. The van der Waals surface area contributed by atoms with E-state index < -0.39 is 29.6 Å². The summed E-state index contributed by atoms with van der Waals surface area (Å²) in [4.78, 5) is 24.1. The Morgan fingerprint density at radius 2 is 1.82 bits per heavy atom. The van der Waals surface area contributed by atoms with Crippen molar-refractivity contribution in [2.45, 2.75) is 39.1 Å². The molecule has 0 spiro atoms. The smallest absolute Gasteiger partial charge is 0.417 e. The van der Waals surface area contributed by atoms with Crippen molar-refractivity contribution in [3.8, 4) is 5.75 Å². The van der Waals surface area contributed by atoms with Crippen molar-refractivity contribution in [2.24, 2.45) is 0 Å². The number of allylic oxidation sites excluding steroid dienone is 1. The first kappa shape index (κ1) is 24.8. The largest absolute Gasteiger partial charge is 0.479 e. The molecule has 3 aromatic rings. The van der Waals surface area contributed by atoms with E-state index in [0.29, 0.717) is 23.3 Å². The molecule has 0 saturated carbocycles. The molecule has 0 amide bonds. The lowest BCUT2D eigenvalue weighted by molar-refractivity contribution is -0.145. The molecule has 0 aliphatic heterocycles. The number of carboxylic acids is 1. The maximum absolute atomic E-state index is 13.3. The summed E-state index contributed by atoms with van der Waals surface area (Å²) in [6.07, 6.45) is -1.05. The van der Waals surface area contributed by atoms with E-state index in [4.69, 9.17) is 9.84 Å². The van der Waals surface area contributed by atoms with E-state index in [1.807, 2.05) is 6.92 Å². The summed E-state index contributed by atoms with van der Waals surface area (Å²) in [5.41, 5.74) is 0.950. The number of rotatable bonds is 9. The van der Waals surface area contributed by atoms with Gasteiger partial charge in [-0.1, -0.05) is 61.0 Å². The van der Waals surface area contributed by atoms with Gasteiger partial charge in [-0.25, -0.2) is 4.79 Å². The van der Waals surface area contributed by atoms with Crippen LogP contribution in [0, 0.1) is 6.92 Å². The average molecular weight is 471 g/mol. The van der Waals surface area contributed by atoms with Crippen molar-refractivity contribution in [3.05, 3.63) is 94.8 Å². The molecular weight excluding hydrogens is 447 g/mol. The van der Waals surface area contributed by atoms with Crippen LogP contribution in [0.2, 0.25) is 0 Å². The van der Waals surface area contributed by atoms with E-state index in [-0.39, 0.29) is 12.2 Å². The number of benzene rings is 2. The lowest BCUT2D eigenvalue weighted by atomic mass is 10.1. The highest BCUT2D eigenvalue weighted by molar-refractivity contribution is 6.08. The van der Waals surface area contributed by atoms with Gasteiger partial charge >= 0.3 is 12.1 Å². The molecule has 1 heterocycles. The zero-order valence-corrected chi connectivity index (χ0v) is 18.7. The van der Waals surface area contributed by atoms with Crippen molar-refractivity contribution in [1.29, 1.82) is 0 Å². The van der Waals surface area contributed by atoms with Gasteiger partial charge in [-0.2, -0.15) is 13.2 Å². The summed E-state index contributed by atoms with van der Waals surface area (Å²) in [5, 5.41) is 9.15. The van der Waals surface area contributed by atoms with Gasteiger partial charge in [-0.3, -0.25) is 4.79 Å². The molecular formula is C26H24F3NO4. The molecule has 1 atom stereocenters. The Balaban J connectivity index is 1.83. The van der Waals surface area contributed by atoms with Gasteiger partial charge in [0, 0.05) is 18.3 Å². The number of nitrogens with zero attached hydrogens (tertiary/aromatic N) is 1. The number of aliphatic carboxylic acids is 1. The highest BCUT2D eigenvalue weighted by atomic mass is 19.4. The molecule has 0 unspecified atom stereocenters. The van der Waals surface area contributed by atoms with Crippen molar-refractivity contribution in [1.82, 2.24) is 4.57 Å². The normalized spacial score (nSPS) is 12.6. The predicted molar refractivity (Wildman–Crippen MR) is 122 cm³/mol. The molecule has 3 rings (SSSR count). The quantitative estimate of drug-likeness (QED) is 0.389. The molecule has 34 heavy (non-hydrogen) atoms. The van der Waals surface area contributed by atoms with Gasteiger partial charge < -0.3 is 14.4 Å². The molecule has 8 heteroatoms. The summed E-state index contributed by atoms with van der Waals surface area (Å²) < 4.78 is 46.7. The molecule has 0 fully saturated rings. The topological polar surface area (TPSA) is 68.5 Å². The number of halogens is 3. The fourth-order valence-corrected chi connectivity index (χ4v) is 3.33. The monoisotopic (exact) mass is 471 g/mol. The summed E-state index contributed by atoms with van der Waals surface area (Å²) in [6.45, 7) is 3.58. The number of hydrogen-bond donors (Lipinski definition) is 1. The minimum atomic E-state index is -4.58. The number of aromatic nitrogens is 1. The van der Waals surface area contributed by atoms with Crippen molar-refractivity contribution in [3.63, 3.8) is 0 Å². The zero-order valence-electron chi connectivity index (χ0n) is 18.7. The number of carboxylic acid groups (broad SMARTS) is 1. The van der Waals surface area contributed by atoms with E-state index in [0.717, 1.165) is 17.8 Å². The minimum Gasteiger partial charge on any atom is -0.479 e. The van der Waals surface area contributed by atoms with Crippen LogP contribution in [0.1, 0.15) is 46.1 Å². The lowest BCUT2D eigenvalue weighted by Gasteiger charge is -2.13. The minimum absolute atomic E-state index is 0.0286. The molecule has 1 N–H and O–H groups in total. The van der Waals surface area contributed by atoms with Crippen LogP contribution in [0.3, 0.4) is 0 Å². The van der Waals surface area contributed by atoms with Crippen molar-refractivity contribution >= 4 is 17.8 Å². The van der Waals surface area contributed by atoms with Gasteiger partial charge in [0.1, 0.15) is 5.75 Å². The number of alkyl halides is 3. The number of carbonyl (C=O) groups excluding carboxylic acids is 1. The highest BCUT2D eigenvalue weighted by Gasteiger charge is 2.33. The van der Waals surface area contributed by atoms with Gasteiger partial charge in [0.05, 0.1) is 11.3 Å². The van der Waals surface area contributed by atoms with Crippen LogP contribution in [0.25, 0.3) is 6.08 Å². The molecule has 0 aliphatic carbocycles. The first-order chi connectivity index (χ1) is 16.1. The van der Waals surface area contributed by atoms with E-state index in [2.05, 4.69) is 0 Å². The fraction of sp³-hybridized carbons (Fsp3) is 0.231. The van der Waals surface area contributed by atoms with E-state index in [9.17, 15) is 22.8 Å². The summed E-state index contributed by atoms with van der Waals surface area (Å²) in [5.74, 6) is -1.20. The fourth-order valence-electron chi connectivity index (χ4n) is 3.33. The molecule has 5 nitrogen and oxygen atoms in total. The third-order valence-corrected chi connectivity index (χ3v) is 5.17. The van der Waals surface area contributed by atoms with Gasteiger partial charge in [0.25, 0.3) is 0 Å². The van der Waals surface area contributed by atoms with Gasteiger partial charge in [0.2, 0.25) is 5.78 Å². The maximum Gasteiger partial charge on any atom is 0.417 e. The predicted octanol–water partition coefficient (Wildman–Crippen LogP) is 6.00. The summed E-state index contributed by atoms with van der Waals surface area (Å²) in [6, 6.07) is 14.2. The SMILES string of the molecule is CC[C@H](Oc1cccc(/C=C/Cn2cc(C(F)(F)F)cc2C(=O)c2ccc(C)cc2)c1)C(=O)O.